The molecule has 3 aromatic carbocycles. The zero-order valence-corrected chi connectivity index (χ0v) is 25.2. The lowest BCUT2D eigenvalue weighted by molar-refractivity contribution is -0.138. The molecule has 1 saturated carbocycles. The third kappa shape index (κ3) is 7.61. The van der Waals surface area contributed by atoms with Crippen LogP contribution in [0.25, 0.3) is 23.1 Å². The molecule has 1 aliphatic carbocycles. The number of nitrogens with zero attached hydrogens (tertiary/aromatic N) is 1. The van der Waals surface area contributed by atoms with Gasteiger partial charge < -0.3 is 15.3 Å². The quantitative estimate of drug-likeness (QED) is 0.144. The first-order valence-corrected chi connectivity index (χ1v) is 15.7. The van der Waals surface area contributed by atoms with Gasteiger partial charge in [-0.2, -0.15) is 11.8 Å². The van der Waals surface area contributed by atoms with Gasteiger partial charge in [0.1, 0.15) is 5.60 Å². The molecule has 1 aromatic heterocycles. The number of thioether (sulfide) groups is 1. The van der Waals surface area contributed by atoms with E-state index in [0.29, 0.717) is 5.02 Å². The largest absolute Gasteiger partial charge is 0.481 e. The number of hydrogen-bond acceptors (Lipinski definition) is 5. The first kappa shape index (κ1) is 30.3. The van der Waals surface area contributed by atoms with Crippen molar-refractivity contribution in [2.45, 2.75) is 49.9 Å². The lowest BCUT2D eigenvalue weighted by atomic mass is 9.89. The summed E-state index contributed by atoms with van der Waals surface area (Å²) in [4.78, 5) is 16.2. The maximum atomic E-state index is 11.5. The van der Waals surface area contributed by atoms with Crippen LogP contribution in [0.4, 0.5) is 0 Å². The van der Waals surface area contributed by atoms with Crippen LogP contribution in [0.5, 0.6) is 0 Å². The van der Waals surface area contributed by atoms with Crippen LogP contribution in [0.2, 0.25) is 5.02 Å². The van der Waals surface area contributed by atoms with Crippen LogP contribution in [0.1, 0.15) is 65.8 Å². The second kappa shape index (κ2) is 13.0. The van der Waals surface area contributed by atoms with E-state index < -0.39 is 11.6 Å². The Morgan fingerprint density at radius 2 is 1.86 bits per heavy atom. The standard InChI is InChI=1S/C35H36ClNO4S/c1-34(41,22-38)30-8-3-2-6-25(30)12-16-32(42-23-35(17-18-35)21-33(39)40)27-7-4-5-24(19-27)9-14-29-15-11-26-10-13-28(36)20-31(26)37-29/h2-11,13-15,19-20,32,38,41H,12,16-18,21-23H2,1H3,(H,39,40)/b14-9+/t32-,34-/m1/s1. The number of carboxylic acid groups (broad SMARTS) is 1. The number of benzene rings is 3. The molecule has 0 saturated heterocycles. The second-order valence-corrected chi connectivity index (χ2v) is 13.2. The first-order chi connectivity index (χ1) is 20.2. The molecule has 0 amide bonds. The number of aliphatic hydroxyl groups is 2. The molecule has 0 bridgehead atoms. The van der Waals surface area contributed by atoms with Gasteiger partial charge in [-0.3, -0.25) is 4.79 Å². The highest BCUT2D eigenvalue weighted by atomic mass is 35.5. The molecule has 0 unspecified atom stereocenters. The van der Waals surface area contributed by atoms with E-state index >= 15 is 0 Å². The van der Waals surface area contributed by atoms with Gasteiger partial charge in [0.2, 0.25) is 0 Å². The monoisotopic (exact) mass is 601 g/mol. The van der Waals surface area contributed by atoms with Gasteiger partial charge in [-0.15, -0.1) is 0 Å². The molecule has 2 atom stereocenters. The van der Waals surface area contributed by atoms with Gasteiger partial charge in [-0.05, 0) is 84.6 Å². The van der Waals surface area contributed by atoms with E-state index in [1.54, 1.807) is 6.92 Å². The van der Waals surface area contributed by atoms with Crippen molar-refractivity contribution in [1.82, 2.24) is 4.98 Å². The van der Waals surface area contributed by atoms with E-state index in [4.69, 9.17) is 16.6 Å². The van der Waals surface area contributed by atoms with E-state index in [1.165, 1.54) is 5.56 Å². The Bertz CT molecular complexity index is 1600. The lowest BCUT2D eigenvalue weighted by Gasteiger charge is -2.25. The van der Waals surface area contributed by atoms with Crippen LogP contribution in [-0.2, 0) is 16.8 Å². The number of carbonyl (C=O) groups is 1. The van der Waals surface area contributed by atoms with Gasteiger partial charge in [0.15, 0.2) is 0 Å². The molecule has 5 rings (SSSR count). The summed E-state index contributed by atoms with van der Waals surface area (Å²) >= 11 is 7.99. The molecule has 0 aliphatic heterocycles. The average Bonchev–Trinajstić information content (AvgIpc) is 3.74. The molecule has 7 heteroatoms. The van der Waals surface area contributed by atoms with Crippen LogP contribution in [0, 0.1) is 5.41 Å². The third-order valence-corrected chi connectivity index (χ3v) is 9.98. The van der Waals surface area contributed by atoms with Crippen molar-refractivity contribution in [3.8, 4) is 0 Å². The van der Waals surface area contributed by atoms with Crippen LogP contribution < -0.4 is 0 Å². The van der Waals surface area contributed by atoms with Gasteiger partial charge >= 0.3 is 5.97 Å². The Morgan fingerprint density at radius 1 is 1.07 bits per heavy atom. The molecule has 42 heavy (non-hydrogen) atoms. The zero-order valence-electron chi connectivity index (χ0n) is 23.7. The number of fused-ring (bicyclic) bond motifs is 1. The summed E-state index contributed by atoms with van der Waals surface area (Å²) in [5, 5.41) is 31.9. The van der Waals surface area contributed by atoms with Crippen LogP contribution >= 0.6 is 23.4 Å². The Balaban J connectivity index is 1.38. The fraction of sp³-hybridized carbons (Fsp3) is 0.314. The number of aryl methyl sites for hydroxylation is 1. The Hall–Kier alpha value is -3.16. The molecule has 1 heterocycles. The van der Waals surface area contributed by atoms with E-state index in [9.17, 15) is 20.1 Å². The summed E-state index contributed by atoms with van der Waals surface area (Å²) in [6, 6.07) is 25.9. The molecule has 4 aromatic rings. The van der Waals surface area contributed by atoms with Crippen molar-refractivity contribution in [3.05, 3.63) is 112 Å². The van der Waals surface area contributed by atoms with Crippen LogP contribution in [0.3, 0.4) is 0 Å². The maximum absolute atomic E-state index is 11.5. The van der Waals surface area contributed by atoms with Crippen molar-refractivity contribution < 1.29 is 20.1 Å². The topological polar surface area (TPSA) is 90.7 Å². The SMILES string of the molecule is C[C@@](O)(CO)c1ccccc1CC[C@@H](SCC1(CC(=O)O)CC1)c1cccc(/C=C/c2ccc3ccc(Cl)cc3n2)c1. The van der Waals surface area contributed by atoms with Gasteiger partial charge in [0, 0.05) is 21.4 Å². The van der Waals surface area contributed by atoms with Gasteiger partial charge in [-0.1, -0.05) is 78.3 Å². The molecule has 5 nitrogen and oxygen atoms in total. The van der Waals surface area contributed by atoms with E-state index in [-0.39, 0.29) is 23.7 Å². The number of halogens is 1. The molecular formula is C35H36ClNO4S. The number of aromatic nitrogens is 1. The summed E-state index contributed by atoms with van der Waals surface area (Å²) in [6.45, 7) is 1.28. The summed E-state index contributed by atoms with van der Waals surface area (Å²) in [6.07, 6.45) is 7.71. The summed E-state index contributed by atoms with van der Waals surface area (Å²) < 4.78 is 0. The molecule has 3 N–H and O–H groups in total. The second-order valence-electron chi connectivity index (χ2n) is 11.6. The van der Waals surface area contributed by atoms with E-state index in [1.807, 2.05) is 72.4 Å². The maximum Gasteiger partial charge on any atom is 0.303 e. The minimum absolute atomic E-state index is 0.116. The Labute approximate surface area is 256 Å². The van der Waals surface area contributed by atoms with Crippen molar-refractivity contribution in [2.24, 2.45) is 5.41 Å². The Morgan fingerprint density at radius 3 is 2.62 bits per heavy atom. The highest BCUT2D eigenvalue weighted by Crippen LogP contribution is 2.53. The minimum Gasteiger partial charge on any atom is -0.481 e. The number of hydrogen-bond donors (Lipinski definition) is 3. The van der Waals surface area contributed by atoms with Gasteiger partial charge in [0.05, 0.1) is 24.2 Å². The minimum atomic E-state index is -1.31. The molecule has 1 fully saturated rings. The summed E-state index contributed by atoms with van der Waals surface area (Å²) in [5.74, 6) is 0.0605. The fourth-order valence-corrected chi connectivity index (χ4v) is 7.11. The predicted octanol–water partition coefficient (Wildman–Crippen LogP) is 7.92. The van der Waals surface area contributed by atoms with E-state index in [0.717, 1.165) is 64.7 Å². The highest BCUT2D eigenvalue weighted by molar-refractivity contribution is 7.99. The van der Waals surface area contributed by atoms with Crippen molar-refractivity contribution in [1.29, 1.82) is 0 Å². The number of pyridine rings is 1. The normalized spacial score (nSPS) is 16.4. The molecule has 0 spiro atoms. The van der Waals surface area contributed by atoms with Crippen molar-refractivity contribution >= 4 is 52.4 Å². The molecule has 1 aliphatic rings. The lowest BCUT2D eigenvalue weighted by Crippen LogP contribution is -2.27. The van der Waals surface area contributed by atoms with Crippen LogP contribution in [0.15, 0.2) is 78.9 Å². The molecule has 218 valence electrons. The average molecular weight is 602 g/mol. The zero-order chi connectivity index (χ0) is 29.7. The summed E-state index contributed by atoms with van der Waals surface area (Å²) in [5.41, 5.74) is 4.25. The van der Waals surface area contributed by atoms with Crippen molar-refractivity contribution in [2.75, 3.05) is 12.4 Å². The molecular weight excluding hydrogens is 566 g/mol. The van der Waals surface area contributed by atoms with Gasteiger partial charge in [0.25, 0.3) is 0 Å². The number of carboxylic acids is 1. The Kier molecular flexibility index (Phi) is 9.38. The van der Waals surface area contributed by atoms with Crippen LogP contribution in [-0.4, -0.2) is 38.6 Å². The highest BCUT2D eigenvalue weighted by Gasteiger charge is 2.44. The van der Waals surface area contributed by atoms with E-state index in [2.05, 4.69) is 30.3 Å². The number of rotatable bonds is 13. The smallest absolute Gasteiger partial charge is 0.303 e. The first-order valence-electron chi connectivity index (χ1n) is 14.3. The van der Waals surface area contributed by atoms with Crippen molar-refractivity contribution in [3.63, 3.8) is 0 Å². The number of aliphatic carboxylic acids is 1. The summed E-state index contributed by atoms with van der Waals surface area (Å²) in [7, 11) is 0. The van der Waals surface area contributed by atoms with Gasteiger partial charge in [-0.25, -0.2) is 4.98 Å². The fourth-order valence-electron chi connectivity index (χ4n) is 5.37. The third-order valence-electron chi connectivity index (χ3n) is 8.06. The molecule has 0 radical (unpaired) electrons. The predicted molar refractivity (Wildman–Crippen MR) is 173 cm³/mol. The number of aliphatic hydroxyl groups excluding tert-OH is 1.